The molecule has 0 fully saturated rings. The lowest BCUT2D eigenvalue weighted by Gasteiger charge is -2.25. The first-order valence-electron chi connectivity index (χ1n) is 8.24. The Hall–Kier alpha value is -3.28. The number of methoxy groups -OCH3 is 1. The minimum atomic E-state index is -0.677. The van der Waals surface area contributed by atoms with Gasteiger partial charge >= 0.3 is 0 Å². The first-order chi connectivity index (χ1) is 12.5. The van der Waals surface area contributed by atoms with E-state index in [1.54, 1.807) is 50.4 Å². The lowest BCUT2D eigenvalue weighted by atomic mass is 9.78. The summed E-state index contributed by atoms with van der Waals surface area (Å²) in [6.45, 7) is 1.63. The van der Waals surface area contributed by atoms with Gasteiger partial charge in [-0.3, -0.25) is 14.9 Å². The highest BCUT2D eigenvalue weighted by Gasteiger charge is 2.50. The molecule has 6 nitrogen and oxygen atoms in total. The Kier molecular flexibility index (Phi) is 3.68. The fourth-order valence-corrected chi connectivity index (χ4v) is 3.85. The van der Waals surface area contributed by atoms with Crippen molar-refractivity contribution in [1.29, 1.82) is 0 Å². The Balaban J connectivity index is 1.93. The van der Waals surface area contributed by atoms with Crippen LogP contribution < -0.4 is 4.74 Å². The van der Waals surface area contributed by atoms with Crippen LogP contribution in [0, 0.1) is 16.0 Å². The maximum atomic E-state index is 13.1. The molecule has 0 bridgehead atoms. The second-order valence-electron chi connectivity index (χ2n) is 6.36. The summed E-state index contributed by atoms with van der Waals surface area (Å²) >= 11 is 0. The SMILES string of the molecule is COc1ccc(C2C([N+](=O)[O-])=C(C)N=C3c4ccccc4C(=O)C32)cc1. The van der Waals surface area contributed by atoms with Gasteiger partial charge in [0.25, 0.3) is 5.70 Å². The molecule has 6 heteroatoms. The number of carbonyl (C=O) groups is 1. The van der Waals surface area contributed by atoms with Gasteiger partial charge in [-0.15, -0.1) is 0 Å². The molecule has 0 saturated carbocycles. The van der Waals surface area contributed by atoms with Crippen molar-refractivity contribution in [3.63, 3.8) is 0 Å². The molecule has 1 aliphatic carbocycles. The molecule has 26 heavy (non-hydrogen) atoms. The molecule has 4 rings (SSSR count). The van der Waals surface area contributed by atoms with E-state index >= 15 is 0 Å². The molecular weight excluding hydrogens is 332 g/mol. The second-order valence-corrected chi connectivity index (χ2v) is 6.36. The summed E-state index contributed by atoms with van der Waals surface area (Å²) in [6, 6.07) is 14.3. The number of carbonyl (C=O) groups excluding carboxylic acids is 1. The largest absolute Gasteiger partial charge is 0.497 e. The number of benzene rings is 2. The number of allylic oxidation sites excluding steroid dienone is 2. The Morgan fingerprint density at radius 2 is 1.69 bits per heavy atom. The molecule has 0 spiro atoms. The number of Topliss-reactive ketones (excluding diaryl/α,β-unsaturated/α-hetero) is 1. The number of ketones is 1. The molecule has 0 amide bonds. The van der Waals surface area contributed by atoms with Crippen molar-refractivity contribution >= 4 is 11.5 Å². The van der Waals surface area contributed by atoms with E-state index in [-0.39, 0.29) is 11.5 Å². The smallest absolute Gasteiger partial charge is 0.275 e. The molecule has 130 valence electrons. The molecule has 2 atom stereocenters. The van der Waals surface area contributed by atoms with Gasteiger partial charge in [0.2, 0.25) is 0 Å². The predicted octanol–water partition coefficient (Wildman–Crippen LogP) is 3.60. The summed E-state index contributed by atoms with van der Waals surface area (Å²) in [5, 5.41) is 11.8. The van der Waals surface area contributed by atoms with Crippen molar-refractivity contribution in [3.8, 4) is 5.75 Å². The highest BCUT2D eigenvalue weighted by molar-refractivity contribution is 6.29. The molecule has 2 aliphatic rings. The van der Waals surface area contributed by atoms with Crippen LogP contribution in [0.2, 0.25) is 0 Å². The van der Waals surface area contributed by atoms with Crippen molar-refractivity contribution < 1.29 is 14.5 Å². The third-order valence-corrected chi connectivity index (χ3v) is 5.00. The number of ether oxygens (including phenoxy) is 1. The third-order valence-electron chi connectivity index (χ3n) is 5.00. The normalized spacial score (nSPS) is 21.2. The van der Waals surface area contributed by atoms with E-state index in [1.165, 1.54) is 0 Å². The molecule has 0 radical (unpaired) electrons. The van der Waals surface area contributed by atoms with Crippen LogP contribution in [-0.4, -0.2) is 23.5 Å². The average Bonchev–Trinajstić information content (AvgIpc) is 2.93. The zero-order valence-corrected chi connectivity index (χ0v) is 14.3. The molecule has 0 N–H and O–H groups in total. The lowest BCUT2D eigenvalue weighted by molar-refractivity contribution is -0.432. The number of rotatable bonds is 3. The van der Waals surface area contributed by atoms with Gasteiger partial charge in [-0.05, 0) is 24.6 Å². The molecule has 0 aromatic heterocycles. The van der Waals surface area contributed by atoms with Crippen molar-refractivity contribution in [1.82, 2.24) is 0 Å². The van der Waals surface area contributed by atoms with Gasteiger partial charge < -0.3 is 4.74 Å². The van der Waals surface area contributed by atoms with Gasteiger partial charge in [-0.25, -0.2) is 4.99 Å². The number of fused-ring (bicyclic) bond motifs is 3. The van der Waals surface area contributed by atoms with E-state index in [4.69, 9.17) is 4.74 Å². The number of hydrogen-bond acceptors (Lipinski definition) is 5. The van der Waals surface area contributed by atoms with Gasteiger partial charge in [0, 0.05) is 11.1 Å². The predicted molar refractivity (Wildman–Crippen MR) is 96.2 cm³/mol. The van der Waals surface area contributed by atoms with E-state index < -0.39 is 16.8 Å². The van der Waals surface area contributed by atoms with E-state index in [9.17, 15) is 14.9 Å². The van der Waals surface area contributed by atoms with Gasteiger partial charge in [0.05, 0.1) is 29.6 Å². The van der Waals surface area contributed by atoms with Crippen LogP contribution >= 0.6 is 0 Å². The fraction of sp³-hybridized carbons (Fsp3) is 0.200. The Labute approximate surface area is 150 Å². The first-order valence-corrected chi connectivity index (χ1v) is 8.24. The average molecular weight is 348 g/mol. The zero-order chi connectivity index (χ0) is 18.4. The summed E-state index contributed by atoms with van der Waals surface area (Å²) in [6.07, 6.45) is 0. The minimum absolute atomic E-state index is 0.0231. The van der Waals surface area contributed by atoms with Crippen molar-refractivity contribution in [3.05, 3.63) is 86.7 Å². The van der Waals surface area contributed by atoms with Crippen LogP contribution in [0.15, 0.2) is 64.9 Å². The summed E-state index contributed by atoms with van der Waals surface area (Å²) in [5.74, 6) is -0.817. The Morgan fingerprint density at radius 1 is 1.04 bits per heavy atom. The maximum Gasteiger partial charge on any atom is 0.275 e. The topological polar surface area (TPSA) is 81.8 Å². The summed E-state index contributed by atoms with van der Waals surface area (Å²) < 4.78 is 5.17. The molecule has 2 aromatic carbocycles. The van der Waals surface area contributed by atoms with Crippen LogP contribution in [0.5, 0.6) is 5.75 Å². The van der Waals surface area contributed by atoms with Gasteiger partial charge in [-0.2, -0.15) is 0 Å². The highest BCUT2D eigenvalue weighted by Crippen LogP contribution is 2.45. The minimum Gasteiger partial charge on any atom is -0.497 e. The molecular formula is C20H16N2O4. The summed E-state index contributed by atoms with van der Waals surface area (Å²) in [5.41, 5.74) is 2.98. The summed E-state index contributed by atoms with van der Waals surface area (Å²) in [7, 11) is 1.56. The molecule has 1 aliphatic heterocycles. The number of aliphatic imine (C=N–C) groups is 1. The third kappa shape index (κ3) is 2.26. The lowest BCUT2D eigenvalue weighted by Crippen LogP contribution is -2.31. The molecule has 2 aromatic rings. The monoisotopic (exact) mass is 348 g/mol. The maximum absolute atomic E-state index is 13.1. The van der Waals surface area contributed by atoms with Crippen LogP contribution in [0.4, 0.5) is 0 Å². The fourth-order valence-electron chi connectivity index (χ4n) is 3.85. The summed E-state index contributed by atoms with van der Waals surface area (Å²) in [4.78, 5) is 28.9. The molecule has 0 saturated heterocycles. The Bertz CT molecular complexity index is 989. The first kappa shape index (κ1) is 16.2. The van der Waals surface area contributed by atoms with E-state index in [2.05, 4.69) is 4.99 Å². The number of nitro groups is 1. The van der Waals surface area contributed by atoms with Crippen LogP contribution in [0.1, 0.15) is 34.3 Å². The standard InChI is InChI=1S/C20H16N2O4/c1-11-19(22(24)25)16(12-7-9-13(26-2)10-8-12)17-18(21-11)14-5-3-4-6-15(14)20(17)23/h3-10,16-17H,1-2H3. The van der Waals surface area contributed by atoms with Crippen LogP contribution in [0.25, 0.3) is 0 Å². The van der Waals surface area contributed by atoms with Crippen LogP contribution in [0.3, 0.4) is 0 Å². The van der Waals surface area contributed by atoms with E-state index in [0.29, 0.717) is 28.3 Å². The van der Waals surface area contributed by atoms with Crippen molar-refractivity contribution in [2.75, 3.05) is 7.11 Å². The van der Waals surface area contributed by atoms with Crippen LogP contribution in [-0.2, 0) is 0 Å². The van der Waals surface area contributed by atoms with Crippen molar-refractivity contribution in [2.45, 2.75) is 12.8 Å². The molecule has 1 heterocycles. The quantitative estimate of drug-likeness (QED) is 0.627. The highest BCUT2D eigenvalue weighted by atomic mass is 16.6. The van der Waals surface area contributed by atoms with Gasteiger partial charge in [0.1, 0.15) is 11.4 Å². The van der Waals surface area contributed by atoms with E-state index in [1.807, 2.05) is 12.1 Å². The number of nitrogens with zero attached hydrogens (tertiary/aromatic N) is 2. The van der Waals surface area contributed by atoms with Gasteiger partial charge in [0.15, 0.2) is 5.78 Å². The zero-order valence-electron chi connectivity index (χ0n) is 14.3. The molecule has 2 unspecified atom stereocenters. The van der Waals surface area contributed by atoms with Gasteiger partial charge in [-0.1, -0.05) is 36.4 Å². The Morgan fingerprint density at radius 3 is 2.31 bits per heavy atom. The second kappa shape index (κ2) is 5.91. The van der Waals surface area contributed by atoms with Crippen molar-refractivity contribution in [2.24, 2.45) is 10.9 Å². The van der Waals surface area contributed by atoms with E-state index in [0.717, 1.165) is 5.56 Å². The number of hydrogen-bond donors (Lipinski definition) is 0.